The van der Waals surface area contributed by atoms with Crippen molar-refractivity contribution in [3.63, 3.8) is 0 Å². The van der Waals surface area contributed by atoms with Gasteiger partial charge in [-0.05, 0) is 30.2 Å². The Balaban J connectivity index is 1.51. The van der Waals surface area contributed by atoms with Crippen LogP contribution in [0.1, 0.15) is 5.56 Å². The zero-order chi connectivity index (χ0) is 20.4. The van der Waals surface area contributed by atoms with Crippen molar-refractivity contribution in [3.8, 4) is 16.9 Å². The molecule has 3 N–H and O–H groups in total. The summed E-state index contributed by atoms with van der Waals surface area (Å²) in [5.74, 6) is -0.234. The van der Waals surface area contributed by atoms with Crippen molar-refractivity contribution in [3.05, 3.63) is 69.8 Å². The largest absolute Gasteiger partial charge is 0.506 e. The second-order valence-corrected chi connectivity index (χ2v) is 8.25. The molecule has 0 bridgehead atoms. The molecule has 2 aromatic heterocycles. The van der Waals surface area contributed by atoms with Gasteiger partial charge in [-0.2, -0.15) is 0 Å². The molecule has 0 aliphatic carbocycles. The van der Waals surface area contributed by atoms with Crippen LogP contribution in [0.15, 0.2) is 63.9 Å². The summed E-state index contributed by atoms with van der Waals surface area (Å²) in [5.41, 5.74) is 2.87. The highest BCUT2D eigenvalue weighted by molar-refractivity contribution is 7.99. The van der Waals surface area contributed by atoms with Crippen LogP contribution >= 0.6 is 23.1 Å². The monoisotopic (exact) mass is 423 g/mol. The molecule has 6 nitrogen and oxygen atoms in total. The summed E-state index contributed by atoms with van der Waals surface area (Å²) >= 11 is 2.54. The fourth-order valence-electron chi connectivity index (χ4n) is 2.90. The van der Waals surface area contributed by atoms with Crippen molar-refractivity contribution in [1.82, 2.24) is 9.97 Å². The van der Waals surface area contributed by atoms with E-state index in [1.54, 1.807) is 12.1 Å². The van der Waals surface area contributed by atoms with Gasteiger partial charge in [0.25, 0.3) is 5.56 Å². The van der Waals surface area contributed by atoms with E-state index < -0.39 is 0 Å². The lowest BCUT2D eigenvalue weighted by molar-refractivity contribution is -0.113. The highest BCUT2D eigenvalue weighted by Gasteiger charge is 2.14. The first-order valence-corrected chi connectivity index (χ1v) is 10.7. The van der Waals surface area contributed by atoms with Crippen molar-refractivity contribution in [2.75, 3.05) is 11.1 Å². The smallest absolute Gasteiger partial charge is 0.260 e. The summed E-state index contributed by atoms with van der Waals surface area (Å²) in [4.78, 5) is 32.7. The topological polar surface area (TPSA) is 95.1 Å². The molecule has 1 amide bonds. The summed E-state index contributed by atoms with van der Waals surface area (Å²) in [5, 5.41) is 15.4. The number of nitrogens with zero attached hydrogens (tertiary/aromatic N) is 1. The third kappa shape index (κ3) is 4.18. The van der Waals surface area contributed by atoms with Gasteiger partial charge in [0.2, 0.25) is 5.91 Å². The number of thioether (sulfide) groups is 1. The Labute approximate surface area is 174 Å². The fraction of sp³-hybridized carbons (Fsp3) is 0.0952. The molecule has 0 unspecified atom stereocenters. The van der Waals surface area contributed by atoms with Crippen molar-refractivity contribution >= 4 is 44.9 Å². The molecule has 0 saturated carbocycles. The van der Waals surface area contributed by atoms with E-state index in [1.165, 1.54) is 17.4 Å². The average Bonchev–Trinajstić information content (AvgIpc) is 3.14. The number of phenols is 1. The molecule has 0 aliphatic rings. The van der Waals surface area contributed by atoms with Gasteiger partial charge in [0, 0.05) is 10.9 Å². The third-order valence-electron chi connectivity index (χ3n) is 4.27. The zero-order valence-corrected chi connectivity index (χ0v) is 17.1. The number of carbonyl (C=O) groups is 1. The van der Waals surface area contributed by atoms with E-state index in [2.05, 4.69) is 15.3 Å². The Hall–Kier alpha value is -3.10. The number of H-pyrrole nitrogens is 1. The summed E-state index contributed by atoms with van der Waals surface area (Å²) in [6.07, 6.45) is 0. The van der Waals surface area contributed by atoms with Crippen LogP contribution in [0.4, 0.5) is 5.69 Å². The van der Waals surface area contributed by atoms with Gasteiger partial charge < -0.3 is 15.4 Å². The number of nitrogens with one attached hydrogen (secondary N) is 2. The van der Waals surface area contributed by atoms with Gasteiger partial charge in [-0.15, -0.1) is 11.3 Å². The van der Waals surface area contributed by atoms with Gasteiger partial charge in [0.05, 0.1) is 16.8 Å². The Morgan fingerprint density at radius 1 is 1.24 bits per heavy atom. The number of rotatable bonds is 5. The molecule has 0 spiro atoms. The minimum Gasteiger partial charge on any atom is -0.506 e. The molecule has 0 saturated heterocycles. The Bertz CT molecular complexity index is 1250. The van der Waals surface area contributed by atoms with Crippen molar-refractivity contribution in [2.24, 2.45) is 0 Å². The maximum atomic E-state index is 12.6. The Morgan fingerprint density at radius 2 is 2.03 bits per heavy atom. The first kappa shape index (κ1) is 19.2. The van der Waals surface area contributed by atoms with Crippen LogP contribution in [0.3, 0.4) is 0 Å². The molecule has 146 valence electrons. The van der Waals surface area contributed by atoms with Crippen LogP contribution in [-0.4, -0.2) is 26.7 Å². The lowest BCUT2D eigenvalue weighted by Crippen LogP contribution is -2.15. The van der Waals surface area contributed by atoms with E-state index in [-0.39, 0.29) is 23.0 Å². The molecule has 0 atom stereocenters. The summed E-state index contributed by atoms with van der Waals surface area (Å²) in [6.45, 7) is 1.87. The van der Waals surface area contributed by atoms with Crippen LogP contribution in [-0.2, 0) is 4.79 Å². The van der Waals surface area contributed by atoms with Crippen LogP contribution in [0.2, 0.25) is 0 Å². The quantitative estimate of drug-likeness (QED) is 0.251. The lowest BCUT2D eigenvalue weighted by atomic mass is 10.1. The first-order chi connectivity index (χ1) is 14.0. The molecule has 8 heteroatoms. The third-order valence-corrected chi connectivity index (χ3v) is 6.02. The predicted molar refractivity (Wildman–Crippen MR) is 118 cm³/mol. The van der Waals surface area contributed by atoms with Crippen LogP contribution < -0.4 is 10.9 Å². The number of benzene rings is 2. The van der Waals surface area contributed by atoms with Gasteiger partial charge in [0.1, 0.15) is 10.6 Å². The molecule has 0 fully saturated rings. The van der Waals surface area contributed by atoms with E-state index in [0.29, 0.717) is 21.1 Å². The number of hydrogen-bond acceptors (Lipinski definition) is 6. The maximum absolute atomic E-state index is 12.6. The number of fused-ring (bicyclic) bond motifs is 1. The van der Waals surface area contributed by atoms with Gasteiger partial charge in [-0.1, -0.05) is 48.2 Å². The number of phenolic OH excluding ortho intramolecular Hbond substituents is 1. The Morgan fingerprint density at radius 3 is 2.83 bits per heavy atom. The van der Waals surface area contributed by atoms with E-state index in [9.17, 15) is 14.7 Å². The molecule has 4 rings (SSSR count). The predicted octanol–water partition coefficient (Wildman–Crippen LogP) is 4.40. The molecular weight excluding hydrogens is 406 g/mol. The second-order valence-electron chi connectivity index (χ2n) is 6.42. The van der Waals surface area contributed by atoms with Gasteiger partial charge in [-0.25, -0.2) is 4.98 Å². The summed E-state index contributed by atoms with van der Waals surface area (Å²) in [7, 11) is 0. The van der Waals surface area contributed by atoms with Crippen LogP contribution in [0, 0.1) is 6.92 Å². The molecule has 2 heterocycles. The number of aromatic hydroxyl groups is 1. The van der Waals surface area contributed by atoms with Gasteiger partial charge in [0.15, 0.2) is 5.16 Å². The highest BCUT2D eigenvalue weighted by Crippen LogP contribution is 2.31. The number of aromatic nitrogens is 2. The molecule has 0 radical (unpaired) electrons. The standard InChI is InChI=1S/C21H17N3O3S2/c1-12-7-8-16(25)15(9-12)22-17(26)11-29-21-23-19(27)18-14(10-28-20(18)24-21)13-5-3-2-4-6-13/h2-10,25H,11H2,1H3,(H,22,26)(H,23,24,27). The first-order valence-electron chi connectivity index (χ1n) is 8.80. The van der Waals surface area contributed by atoms with Crippen LogP contribution in [0.25, 0.3) is 21.3 Å². The molecular formula is C21H17N3O3S2. The van der Waals surface area contributed by atoms with E-state index in [1.807, 2.05) is 42.6 Å². The second kappa shape index (κ2) is 8.10. The number of anilines is 1. The highest BCUT2D eigenvalue weighted by atomic mass is 32.2. The molecule has 4 aromatic rings. The van der Waals surface area contributed by atoms with Crippen LogP contribution in [0.5, 0.6) is 5.75 Å². The van der Waals surface area contributed by atoms with Crippen molar-refractivity contribution in [2.45, 2.75) is 12.1 Å². The number of amides is 1. The molecule has 2 aromatic carbocycles. The van der Waals surface area contributed by atoms with E-state index in [0.717, 1.165) is 28.5 Å². The maximum Gasteiger partial charge on any atom is 0.260 e. The normalized spacial score (nSPS) is 10.9. The van der Waals surface area contributed by atoms with Crippen molar-refractivity contribution < 1.29 is 9.90 Å². The SMILES string of the molecule is Cc1ccc(O)c(NC(=O)CSc2nc3scc(-c4ccccc4)c3c(=O)[nH]2)c1. The number of carbonyl (C=O) groups excluding carboxylic acids is 1. The van der Waals surface area contributed by atoms with Gasteiger partial charge >= 0.3 is 0 Å². The number of aryl methyl sites for hydroxylation is 1. The number of thiophene rings is 1. The van der Waals surface area contributed by atoms with Gasteiger partial charge in [-0.3, -0.25) is 9.59 Å². The lowest BCUT2D eigenvalue weighted by Gasteiger charge is -2.08. The fourth-order valence-corrected chi connectivity index (χ4v) is 4.56. The average molecular weight is 424 g/mol. The van der Waals surface area contributed by atoms with Crippen molar-refractivity contribution in [1.29, 1.82) is 0 Å². The molecule has 29 heavy (non-hydrogen) atoms. The Kier molecular flexibility index (Phi) is 5.37. The number of aromatic amines is 1. The summed E-state index contributed by atoms with van der Waals surface area (Å²) in [6, 6.07) is 14.7. The van der Waals surface area contributed by atoms with E-state index >= 15 is 0 Å². The zero-order valence-electron chi connectivity index (χ0n) is 15.4. The minimum absolute atomic E-state index is 0.00827. The summed E-state index contributed by atoms with van der Waals surface area (Å²) < 4.78 is 0. The van der Waals surface area contributed by atoms with E-state index in [4.69, 9.17) is 0 Å². The number of hydrogen-bond donors (Lipinski definition) is 3. The minimum atomic E-state index is -0.296. The molecule has 0 aliphatic heterocycles.